The van der Waals surface area contributed by atoms with Crippen LogP contribution in [0, 0.1) is 12.8 Å². The van der Waals surface area contributed by atoms with E-state index in [1.54, 1.807) is 22.5 Å². The van der Waals surface area contributed by atoms with Gasteiger partial charge in [-0.2, -0.15) is 4.31 Å². The van der Waals surface area contributed by atoms with Crippen molar-refractivity contribution in [2.45, 2.75) is 38.0 Å². The Morgan fingerprint density at radius 1 is 1.37 bits per heavy atom. The molecule has 1 aliphatic carbocycles. The van der Waals surface area contributed by atoms with Crippen molar-refractivity contribution in [3.63, 3.8) is 0 Å². The molecule has 3 nitrogen and oxygen atoms in total. The highest BCUT2D eigenvalue weighted by Gasteiger charge is 2.32. The zero-order chi connectivity index (χ0) is 14.0. The van der Waals surface area contributed by atoms with Crippen LogP contribution in [0.1, 0.15) is 31.7 Å². The van der Waals surface area contributed by atoms with Crippen LogP contribution in [0.15, 0.2) is 23.1 Å². The lowest BCUT2D eigenvalue weighted by molar-refractivity contribution is 0.395. The van der Waals surface area contributed by atoms with Crippen LogP contribution in [0.3, 0.4) is 0 Å². The van der Waals surface area contributed by atoms with Gasteiger partial charge in [0.25, 0.3) is 0 Å². The minimum absolute atomic E-state index is 0.230. The average molecular weight is 302 g/mol. The maximum absolute atomic E-state index is 12.7. The molecule has 0 radical (unpaired) electrons. The van der Waals surface area contributed by atoms with Crippen LogP contribution in [-0.2, 0) is 10.0 Å². The molecule has 0 saturated heterocycles. The fraction of sp³-hybridized carbons (Fsp3) is 0.571. The first-order valence-corrected chi connectivity index (χ1v) is 8.53. The molecule has 0 unspecified atom stereocenters. The molecule has 5 heteroatoms. The van der Waals surface area contributed by atoms with Gasteiger partial charge in [-0.25, -0.2) is 8.42 Å². The lowest BCUT2D eigenvalue weighted by atomic mass is 10.2. The Kier molecular flexibility index (Phi) is 4.54. The first kappa shape index (κ1) is 14.8. The molecular formula is C14H20ClNO2S. The summed E-state index contributed by atoms with van der Waals surface area (Å²) in [6, 6.07) is 5.11. The number of hydrogen-bond donors (Lipinski definition) is 0. The highest BCUT2D eigenvalue weighted by Crippen LogP contribution is 2.33. The van der Waals surface area contributed by atoms with Gasteiger partial charge < -0.3 is 0 Å². The highest BCUT2D eigenvalue weighted by molar-refractivity contribution is 7.89. The molecule has 1 aromatic carbocycles. The third-order valence-corrected chi connectivity index (χ3v) is 5.69. The largest absolute Gasteiger partial charge is 0.244 e. The van der Waals surface area contributed by atoms with Gasteiger partial charge in [0.2, 0.25) is 10.0 Å². The van der Waals surface area contributed by atoms with E-state index >= 15 is 0 Å². The number of hydrogen-bond acceptors (Lipinski definition) is 2. The maximum atomic E-state index is 12.7. The number of rotatable bonds is 6. The summed E-state index contributed by atoms with van der Waals surface area (Å²) >= 11 is 6.10. The molecule has 0 aromatic heterocycles. The molecule has 0 amide bonds. The first-order valence-electron chi connectivity index (χ1n) is 6.71. The van der Waals surface area contributed by atoms with Crippen molar-refractivity contribution in [3.8, 4) is 0 Å². The Bertz CT molecular complexity index is 553. The van der Waals surface area contributed by atoms with Crippen molar-refractivity contribution < 1.29 is 8.42 Å². The monoisotopic (exact) mass is 301 g/mol. The lowest BCUT2D eigenvalue weighted by Gasteiger charge is -2.22. The predicted molar refractivity (Wildman–Crippen MR) is 78.0 cm³/mol. The molecule has 1 saturated carbocycles. The molecule has 2 rings (SSSR count). The summed E-state index contributed by atoms with van der Waals surface area (Å²) in [5.74, 6) is 0.533. The Labute approximate surface area is 120 Å². The van der Waals surface area contributed by atoms with E-state index in [0.717, 1.165) is 24.8 Å². The van der Waals surface area contributed by atoms with Crippen LogP contribution in [0.5, 0.6) is 0 Å². The molecule has 1 aromatic rings. The fourth-order valence-electron chi connectivity index (χ4n) is 2.10. The minimum Gasteiger partial charge on any atom is -0.207 e. The van der Waals surface area contributed by atoms with Crippen LogP contribution in [0.25, 0.3) is 0 Å². The van der Waals surface area contributed by atoms with E-state index < -0.39 is 10.0 Å². The molecule has 106 valence electrons. The molecule has 1 fully saturated rings. The van der Waals surface area contributed by atoms with Gasteiger partial charge in [0.05, 0.1) is 5.02 Å². The average Bonchev–Trinajstić information content (AvgIpc) is 3.11. The van der Waals surface area contributed by atoms with E-state index in [1.807, 2.05) is 13.8 Å². The predicted octanol–water partition coefficient (Wildman–Crippen LogP) is 3.46. The first-order chi connectivity index (χ1) is 8.95. The second-order valence-electron chi connectivity index (χ2n) is 5.24. The van der Waals surface area contributed by atoms with Crippen LogP contribution >= 0.6 is 11.6 Å². The molecular weight excluding hydrogens is 282 g/mol. The standard InChI is InChI=1S/C14H20ClNO2S/c1-3-8-16(10-12-5-6-12)19(17,18)14-7-4-11(2)9-13(14)15/h4,7,9,12H,3,5-6,8,10H2,1-2H3. The minimum atomic E-state index is -3.46. The summed E-state index contributed by atoms with van der Waals surface area (Å²) in [6.07, 6.45) is 3.09. The van der Waals surface area contributed by atoms with E-state index in [1.165, 1.54) is 0 Å². The van der Waals surface area contributed by atoms with Crippen molar-refractivity contribution in [1.29, 1.82) is 0 Å². The topological polar surface area (TPSA) is 37.4 Å². The van der Waals surface area contributed by atoms with Crippen LogP contribution in [0.4, 0.5) is 0 Å². The number of sulfonamides is 1. The zero-order valence-corrected chi connectivity index (χ0v) is 13.0. The van der Waals surface area contributed by atoms with E-state index in [4.69, 9.17) is 11.6 Å². The van der Waals surface area contributed by atoms with Gasteiger partial charge in [-0.1, -0.05) is 24.6 Å². The second-order valence-corrected chi connectivity index (χ2v) is 7.55. The van der Waals surface area contributed by atoms with Gasteiger partial charge >= 0.3 is 0 Å². The molecule has 1 aliphatic rings. The van der Waals surface area contributed by atoms with Gasteiger partial charge in [-0.15, -0.1) is 0 Å². The normalized spacial score (nSPS) is 16.0. The van der Waals surface area contributed by atoms with Crippen molar-refractivity contribution in [2.24, 2.45) is 5.92 Å². The number of benzene rings is 1. The number of aryl methyl sites for hydroxylation is 1. The summed E-state index contributed by atoms with van der Waals surface area (Å²) in [5, 5.41) is 0.317. The zero-order valence-electron chi connectivity index (χ0n) is 11.4. The molecule has 0 aliphatic heterocycles. The van der Waals surface area contributed by atoms with Gasteiger partial charge in [-0.05, 0) is 49.8 Å². The van der Waals surface area contributed by atoms with Crippen molar-refractivity contribution in [3.05, 3.63) is 28.8 Å². The van der Waals surface area contributed by atoms with E-state index in [2.05, 4.69) is 0 Å². The molecule has 0 heterocycles. The van der Waals surface area contributed by atoms with Gasteiger partial charge in [0.1, 0.15) is 4.90 Å². The lowest BCUT2D eigenvalue weighted by Crippen LogP contribution is -2.33. The van der Waals surface area contributed by atoms with Crippen LogP contribution in [-0.4, -0.2) is 25.8 Å². The van der Waals surface area contributed by atoms with E-state index in [0.29, 0.717) is 24.0 Å². The van der Waals surface area contributed by atoms with Crippen LogP contribution < -0.4 is 0 Å². The third-order valence-electron chi connectivity index (χ3n) is 3.34. The van der Waals surface area contributed by atoms with Crippen molar-refractivity contribution in [2.75, 3.05) is 13.1 Å². The van der Waals surface area contributed by atoms with Crippen LogP contribution in [0.2, 0.25) is 5.02 Å². The quantitative estimate of drug-likeness (QED) is 0.807. The molecule has 0 N–H and O–H groups in total. The Balaban J connectivity index is 2.31. The molecule has 0 spiro atoms. The second kappa shape index (κ2) is 5.81. The molecule has 0 atom stereocenters. The molecule has 19 heavy (non-hydrogen) atoms. The van der Waals surface area contributed by atoms with Crippen molar-refractivity contribution >= 4 is 21.6 Å². The van der Waals surface area contributed by atoms with Gasteiger partial charge in [-0.3, -0.25) is 0 Å². The Morgan fingerprint density at radius 3 is 2.58 bits per heavy atom. The fourth-order valence-corrected chi connectivity index (χ4v) is 4.28. The molecule has 0 bridgehead atoms. The third kappa shape index (κ3) is 3.50. The summed E-state index contributed by atoms with van der Waals surface area (Å²) in [7, 11) is -3.46. The summed E-state index contributed by atoms with van der Waals surface area (Å²) < 4.78 is 26.9. The highest BCUT2D eigenvalue weighted by atomic mass is 35.5. The maximum Gasteiger partial charge on any atom is 0.244 e. The van der Waals surface area contributed by atoms with E-state index in [-0.39, 0.29) is 4.90 Å². The van der Waals surface area contributed by atoms with Gasteiger partial charge in [0, 0.05) is 13.1 Å². The summed E-state index contributed by atoms with van der Waals surface area (Å²) in [6.45, 7) is 5.08. The summed E-state index contributed by atoms with van der Waals surface area (Å²) in [5.41, 5.74) is 0.966. The van der Waals surface area contributed by atoms with Gasteiger partial charge in [0.15, 0.2) is 0 Å². The summed E-state index contributed by atoms with van der Waals surface area (Å²) in [4.78, 5) is 0.230. The van der Waals surface area contributed by atoms with E-state index in [9.17, 15) is 8.42 Å². The number of halogens is 1. The smallest absolute Gasteiger partial charge is 0.207 e. The number of nitrogens with zero attached hydrogens (tertiary/aromatic N) is 1. The Morgan fingerprint density at radius 2 is 2.05 bits per heavy atom. The Hall–Kier alpha value is -0.580. The van der Waals surface area contributed by atoms with Crippen molar-refractivity contribution in [1.82, 2.24) is 4.31 Å². The SMILES string of the molecule is CCCN(CC1CC1)S(=O)(=O)c1ccc(C)cc1Cl.